The molecule has 8 aliphatic heterocycles. The molecular weight excluding hydrogens is 1860 g/mol. The lowest BCUT2D eigenvalue weighted by Crippen LogP contribution is -2.54. The highest BCUT2D eigenvalue weighted by Crippen LogP contribution is 2.50. The molecule has 16 rings (SSSR count). The van der Waals surface area contributed by atoms with E-state index in [1.165, 1.54) is 28.4 Å². The summed E-state index contributed by atoms with van der Waals surface area (Å²) in [4.78, 5) is 183. The maximum atomic E-state index is 13.8. The van der Waals surface area contributed by atoms with Crippen molar-refractivity contribution in [1.82, 2.24) is 50.8 Å². The van der Waals surface area contributed by atoms with Crippen molar-refractivity contribution in [2.45, 2.75) is 205 Å². The number of alkyl carbamates (subject to hydrolysis) is 4. The molecule has 0 radical (unpaired) electrons. The van der Waals surface area contributed by atoms with E-state index in [-0.39, 0.29) is 95.1 Å². The first-order chi connectivity index (χ1) is 70.5. The van der Waals surface area contributed by atoms with E-state index in [4.69, 9.17) is 38.4 Å². The Morgan fingerprint density at radius 1 is 0.288 bits per heavy atom. The first kappa shape index (κ1) is 106. The third kappa shape index (κ3) is 25.2. The molecule has 0 saturated carbocycles. The number of morpholine rings is 2. The summed E-state index contributed by atoms with van der Waals surface area (Å²) < 4.78 is 30.1. The summed E-state index contributed by atoms with van der Waals surface area (Å²) in [6.45, 7) is 22.4. The van der Waals surface area contributed by atoms with Crippen molar-refractivity contribution in [2.75, 3.05) is 148 Å². The molecule has 10 heterocycles. The van der Waals surface area contributed by atoms with E-state index < -0.39 is 72.7 Å². The van der Waals surface area contributed by atoms with Crippen LogP contribution in [0.2, 0.25) is 0 Å². The number of hydrogen-bond donors (Lipinski definition) is 8. The summed E-state index contributed by atoms with van der Waals surface area (Å²) in [6.07, 6.45) is 9.11. The number of carbonyl (C=O) groups is 12. The summed E-state index contributed by atoms with van der Waals surface area (Å²) in [6, 6.07) is 50.9. The van der Waals surface area contributed by atoms with Crippen LogP contribution in [0.15, 0.2) is 182 Å². The average molecular weight is 2000 g/mol. The molecule has 12 atom stereocenters. The van der Waals surface area contributed by atoms with Crippen molar-refractivity contribution in [3.05, 3.63) is 205 Å². The zero-order chi connectivity index (χ0) is 104. The van der Waals surface area contributed by atoms with Gasteiger partial charge in [0.05, 0.1) is 79.0 Å². The molecule has 8 N–H and O–H groups in total. The minimum absolute atomic E-state index is 0.0260. The van der Waals surface area contributed by atoms with E-state index in [0.29, 0.717) is 127 Å². The summed E-state index contributed by atoms with van der Waals surface area (Å²) >= 11 is 0. The standard InChI is InChI=1S/2C55H69N9O9/c2*1-34(2)48(59-54(69)71-5)52(67)62-27-7-9-45(62)50(65)57-40-18-11-37(12-19-40)43-24-25-44(64(43)42-22-15-36(16-23-42)39-17-26-47(56-33-39)61-29-31-73-32-30-61)38-13-20-41(21-14-38)58-51(66)46-10-8-28-63(46)53(68)49(35(3)4)60-55(70)72-6/h2*11-23,26,33-35,43-46,48-49H,7-10,24-25,27-32H2,1-6H3,(H,57,65)(H,58,66)(H,59,69)(H,60,70)/t43-,44-,45+,46+,48+,49+;43-,44-,45-,46-,48-,49-/m10/s1. The van der Waals surface area contributed by atoms with Gasteiger partial charge in [-0.15, -0.1) is 0 Å². The van der Waals surface area contributed by atoms with Crippen molar-refractivity contribution in [3.8, 4) is 22.3 Å². The Morgan fingerprint density at radius 2 is 0.514 bits per heavy atom. The van der Waals surface area contributed by atoms with Crippen molar-refractivity contribution in [1.29, 1.82) is 0 Å². The second-order valence-corrected chi connectivity index (χ2v) is 39.8. The van der Waals surface area contributed by atoms with Crippen LogP contribution in [-0.2, 0) is 66.8 Å². The average Bonchev–Trinajstić information content (AvgIpc) is 1.61. The minimum Gasteiger partial charge on any atom is -0.453 e. The van der Waals surface area contributed by atoms with Gasteiger partial charge in [-0.2, -0.15) is 0 Å². The first-order valence-electron chi connectivity index (χ1n) is 51.1. The largest absolute Gasteiger partial charge is 0.453 e. The van der Waals surface area contributed by atoms with E-state index in [1.54, 1.807) is 19.6 Å². The van der Waals surface area contributed by atoms with Gasteiger partial charge in [0.25, 0.3) is 0 Å². The molecule has 0 unspecified atom stereocenters. The summed E-state index contributed by atoms with van der Waals surface area (Å²) in [5.41, 5.74) is 12.9. The maximum Gasteiger partial charge on any atom is 0.407 e. The van der Waals surface area contributed by atoms with E-state index in [1.807, 2.05) is 165 Å². The van der Waals surface area contributed by atoms with Crippen LogP contribution >= 0.6 is 0 Å². The predicted molar refractivity (Wildman–Crippen MR) is 556 cm³/mol. The van der Waals surface area contributed by atoms with Gasteiger partial charge in [0.1, 0.15) is 60.0 Å². The molecule has 36 heteroatoms. The quantitative estimate of drug-likeness (QED) is 0.0194. The van der Waals surface area contributed by atoms with Crippen molar-refractivity contribution < 1.29 is 86.0 Å². The Balaban J connectivity index is 0.000000219. The second-order valence-electron chi connectivity index (χ2n) is 39.8. The fourth-order valence-electron chi connectivity index (χ4n) is 21.2. The van der Waals surface area contributed by atoms with E-state index in [9.17, 15) is 57.5 Å². The Labute approximate surface area is 853 Å². The molecule has 146 heavy (non-hydrogen) atoms. The molecule has 8 saturated heterocycles. The molecule has 8 aliphatic rings. The zero-order valence-corrected chi connectivity index (χ0v) is 85.3. The van der Waals surface area contributed by atoms with Crippen LogP contribution < -0.4 is 62.1 Å². The van der Waals surface area contributed by atoms with Crippen LogP contribution in [0.3, 0.4) is 0 Å². The van der Waals surface area contributed by atoms with Crippen LogP contribution in [0.5, 0.6) is 0 Å². The Kier molecular flexibility index (Phi) is 35.5. The third-order valence-corrected chi connectivity index (χ3v) is 29.1. The smallest absolute Gasteiger partial charge is 0.407 e. The number of benzene rings is 6. The number of anilines is 8. The second kappa shape index (κ2) is 49.0. The monoisotopic (exact) mass is 2000 g/mol. The molecule has 0 aliphatic carbocycles. The van der Waals surface area contributed by atoms with Crippen LogP contribution in [0.25, 0.3) is 22.3 Å². The van der Waals surface area contributed by atoms with Gasteiger partial charge >= 0.3 is 24.4 Å². The van der Waals surface area contributed by atoms with Gasteiger partial charge in [-0.1, -0.05) is 128 Å². The molecule has 0 bridgehead atoms. The van der Waals surface area contributed by atoms with Crippen LogP contribution in [0, 0.1) is 23.7 Å². The lowest BCUT2D eigenvalue weighted by atomic mass is 10.0. The van der Waals surface area contributed by atoms with Gasteiger partial charge in [-0.05, 0) is 231 Å². The lowest BCUT2D eigenvalue weighted by Gasteiger charge is -2.34. The van der Waals surface area contributed by atoms with E-state index in [0.717, 1.165) is 119 Å². The number of methoxy groups -OCH3 is 4. The molecular formula is C110H138N18O18. The number of pyridine rings is 2. The minimum atomic E-state index is -0.827. The van der Waals surface area contributed by atoms with E-state index in [2.05, 4.69) is 135 Å². The number of carbonyl (C=O) groups excluding carboxylic acids is 12. The number of likely N-dealkylation sites (tertiary alicyclic amines) is 4. The van der Waals surface area contributed by atoms with Gasteiger partial charge < -0.3 is 110 Å². The highest BCUT2D eigenvalue weighted by Gasteiger charge is 2.46. The molecule has 8 fully saturated rings. The Hall–Kier alpha value is -14.4. The summed E-state index contributed by atoms with van der Waals surface area (Å²) in [5, 5.41) is 22.7. The zero-order valence-electron chi connectivity index (χ0n) is 85.3. The lowest BCUT2D eigenvalue weighted by molar-refractivity contribution is -0.139. The SMILES string of the molecule is COC(=O)N[C@H](C(=O)N1CCC[C@H]1C(=O)Nc1ccc([C@@H]2CC[C@@H](c3ccc(NC(=O)[C@@H]4CCCN4C(=O)[C@@H](NC(=O)OC)C(C)C)cc3)N2c2ccc(-c3ccc(N4CCOCC4)nc3)cc2)cc1)C(C)C.COC(=O)N[C@H](C(=O)N1CCC[C@H]1C(=O)Nc1ccc([C@H]2CC[C@H](c3ccc(NC(=O)[C@@H]4CCCN4C(=O)[C@@H](NC(=O)OC)C(C)C)cc3)N2c2ccc(-c3ccc(N4CCOCC4)nc3)cc2)cc1)C(C)C. The van der Waals surface area contributed by atoms with Gasteiger partial charge in [-0.25, -0.2) is 29.1 Å². The van der Waals surface area contributed by atoms with Gasteiger partial charge in [0.15, 0.2) is 0 Å². The maximum absolute atomic E-state index is 13.8. The molecule has 2 aromatic heterocycles. The molecule has 8 aromatic rings. The number of nitrogens with zero attached hydrogens (tertiary/aromatic N) is 10. The topological polar surface area (TPSA) is 408 Å². The van der Waals surface area contributed by atoms with Crippen molar-refractivity contribution in [2.24, 2.45) is 23.7 Å². The molecule has 6 aromatic carbocycles. The first-order valence-corrected chi connectivity index (χ1v) is 51.1. The summed E-state index contributed by atoms with van der Waals surface area (Å²) in [7, 11) is 5.00. The molecule has 0 spiro atoms. The number of nitrogens with one attached hydrogen (secondary N) is 8. The van der Waals surface area contributed by atoms with E-state index >= 15 is 0 Å². The van der Waals surface area contributed by atoms with Crippen molar-refractivity contribution >= 4 is 117 Å². The number of aromatic nitrogens is 2. The molecule has 776 valence electrons. The predicted octanol–water partition coefficient (Wildman–Crippen LogP) is 14.6. The van der Waals surface area contributed by atoms with Crippen LogP contribution in [-0.4, -0.2) is 257 Å². The molecule has 36 nitrogen and oxygen atoms in total. The normalized spacial score (nSPS) is 20.7. The van der Waals surface area contributed by atoms with Gasteiger partial charge in [0, 0.05) is 110 Å². The van der Waals surface area contributed by atoms with Crippen LogP contribution in [0.4, 0.5) is 64.9 Å². The highest BCUT2D eigenvalue weighted by atomic mass is 16.6. The van der Waals surface area contributed by atoms with Crippen molar-refractivity contribution in [3.63, 3.8) is 0 Å². The Morgan fingerprint density at radius 3 is 0.719 bits per heavy atom. The number of ether oxygens (including phenoxy) is 6. The Bertz CT molecular complexity index is 5250. The number of rotatable bonds is 30. The summed E-state index contributed by atoms with van der Waals surface area (Å²) in [5.74, 6) is -1.37. The highest BCUT2D eigenvalue weighted by molar-refractivity contribution is 6.02. The number of hydrogen-bond acceptors (Lipinski definition) is 24. The fraction of sp³-hybridized carbons (Fsp3) is 0.473. The van der Waals surface area contributed by atoms with Gasteiger partial charge in [0.2, 0.25) is 47.3 Å². The van der Waals surface area contributed by atoms with Gasteiger partial charge in [-0.3, -0.25) is 38.4 Å². The van der Waals surface area contributed by atoms with Crippen LogP contribution in [0.1, 0.15) is 179 Å². The third-order valence-electron chi connectivity index (χ3n) is 29.1. The number of amides is 12. The fourth-order valence-corrected chi connectivity index (χ4v) is 21.2. The molecule has 12 amide bonds.